The molecule has 1 aromatic heterocycles. The minimum atomic E-state index is -0.262. The highest BCUT2D eigenvalue weighted by atomic mass is 16.2. The number of carbonyl (C=O) groups is 2. The average Bonchev–Trinajstić information content (AvgIpc) is 2.64. The summed E-state index contributed by atoms with van der Waals surface area (Å²) in [5, 5.41) is 4.20. The van der Waals surface area contributed by atoms with Crippen LogP contribution in [0.15, 0.2) is 41.3 Å². The van der Waals surface area contributed by atoms with Crippen molar-refractivity contribution in [3.05, 3.63) is 46.9 Å². The molecule has 3 rings (SSSR count). The lowest BCUT2D eigenvalue weighted by atomic mass is 10.0. The van der Waals surface area contributed by atoms with Gasteiger partial charge in [0.15, 0.2) is 0 Å². The van der Waals surface area contributed by atoms with E-state index in [4.69, 9.17) is 0 Å². The summed E-state index contributed by atoms with van der Waals surface area (Å²) in [7, 11) is 0. The van der Waals surface area contributed by atoms with E-state index in [1.165, 1.54) is 11.0 Å². The van der Waals surface area contributed by atoms with Crippen LogP contribution in [-0.2, 0) is 16.1 Å². The quantitative estimate of drug-likeness (QED) is 0.891. The second kappa shape index (κ2) is 8.17. The Morgan fingerprint density at radius 3 is 2.81 bits per heavy atom. The zero-order valence-electron chi connectivity index (χ0n) is 15.1. The van der Waals surface area contributed by atoms with Crippen molar-refractivity contribution < 1.29 is 9.59 Å². The summed E-state index contributed by atoms with van der Waals surface area (Å²) >= 11 is 0. The lowest BCUT2D eigenvalue weighted by Gasteiger charge is -2.33. The van der Waals surface area contributed by atoms with Crippen LogP contribution < -0.4 is 10.9 Å². The van der Waals surface area contributed by atoms with Crippen LogP contribution >= 0.6 is 0 Å². The summed E-state index contributed by atoms with van der Waals surface area (Å²) in [6, 6.07) is 9.41. The summed E-state index contributed by atoms with van der Waals surface area (Å²) < 4.78 is 1.40. The van der Waals surface area contributed by atoms with E-state index in [1.54, 1.807) is 18.3 Å². The molecule has 2 amide bonds. The monoisotopic (exact) mass is 355 g/mol. The Kier molecular flexibility index (Phi) is 5.71. The van der Waals surface area contributed by atoms with E-state index in [0.29, 0.717) is 18.4 Å². The van der Waals surface area contributed by atoms with Gasteiger partial charge in [0, 0.05) is 37.1 Å². The Balaban J connectivity index is 1.52. The molecule has 6 heteroatoms. The first kappa shape index (κ1) is 18.2. The van der Waals surface area contributed by atoms with Crippen molar-refractivity contribution in [1.29, 1.82) is 0 Å². The normalized spacial score (nSPS) is 17.3. The first-order valence-electron chi connectivity index (χ1n) is 9.20. The molecule has 2 heterocycles. The van der Waals surface area contributed by atoms with Gasteiger partial charge in [0.2, 0.25) is 11.8 Å². The van der Waals surface area contributed by atoms with E-state index in [2.05, 4.69) is 12.2 Å². The maximum Gasteiger partial charge on any atom is 0.258 e. The summed E-state index contributed by atoms with van der Waals surface area (Å²) in [4.78, 5) is 38.7. The van der Waals surface area contributed by atoms with Gasteiger partial charge in [-0.3, -0.25) is 14.4 Å². The standard InChI is InChI=1S/C20H25N3O3/c1-15-6-4-5-12-23(15)19(25)9-11-21-18(24)14-22-13-10-16-7-2-3-8-17(16)20(22)26/h2-3,7-8,10,13,15H,4-6,9,11-12,14H2,1H3,(H,21,24). The van der Waals surface area contributed by atoms with E-state index in [0.717, 1.165) is 24.8 Å². The minimum Gasteiger partial charge on any atom is -0.354 e. The van der Waals surface area contributed by atoms with Crippen molar-refractivity contribution in [3.63, 3.8) is 0 Å². The van der Waals surface area contributed by atoms with Crippen LogP contribution in [0.2, 0.25) is 0 Å². The third-order valence-corrected chi connectivity index (χ3v) is 4.98. The highest BCUT2D eigenvalue weighted by Gasteiger charge is 2.22. The highest BCUT2D eigenvalue weighted by Crippen LogP contribution is 2.17. The van der Waals surface area contributed by atoms with Crippen LogP contribution in [0.1, 0.15) is 32.6 Å². The van der Waals surface area contributed by atoms with Crippen molar-refractivity contribution in [2.45, 2.75) is 45.2 Å². The molecule has 0 spiro atoms. The topological polar surface area (TPSA) is 71.4 Å². The molecule has 1 saturated heterocycles. The van der Waals surface area contributed by atoms with Crippen molar-refractivity contribution in [3.8, 4) is 0 Å². The average molecular weight is 355 g/mol. The number of carbonyl (C=O) groups excluding carboxylic acids is 2. The van der Waals surface area contributed by atoms with E-state index >= 15 is 0 Å². The zero-order chi connectivity index (χ0) is 18.5. The molecule has 138 valence electrons. The predicted molar refractivity (Wildman–Crippen MR) is 101 cm³/mol. The number of fused-ring (bicyclic) bond motifs is 1. The number of rotatable bonds is 5. The van der Waals surface area contributed by atoms with Gasteiger partial charge in [0.1, 0.15) is 6.54 Å². The van der Waals surface area contributed by atoms with Crippen LogP contribution in [0.25, 0.3) is 10.8 Å². The van der Waals surface area contributed by atoms with Gasteiger partial charge in [-0.05, 0) is 43.7 Å². The fourth-order valence-electron chi connectivity index (χ4n) is 3.49. The van der Waals surface area contributed by atoms with Gasteiger partial charge in [0.05, 0.1) is 0 Å². The molecule has 0 aliphatic carbocycles. The molecule has 0 bridgehead atoms. The fraction of sp³-hybridized carbons (Fsp3) is 0.450. The molecule has 2 aromatic rings. The van der Waals surface area contributed by atoms with Gasteiger partial charge in [0.25, 0.3) is 5.56 Å². The molecule has 0 saturated carbocycles. The van der Waals surface area contributed by atoms with Gasteiger partial charge >= 0.3 is 0 Å². The summed E-state index contributed by atoms with van der Waals surface area (Å²) in [6.45, 7) is 3.13. The number of aromatic nitrogens is 1. The van der Waals surface area contributed by atoms with Crippen LogP contribution in [0.4, 0.5) is 0 Å². The number of hydrogen-bond donors (Lipinski definition) is 1. The number of piperidine rings is 1. The predicted octanol–water partition coefficient (Wildman–Crippen LogP) is 1.91. The Hall–Kier alpha value is -2.63. The van der Waals surface area contributed by atoms with Gasteiger partial charge in [-0.1, -0.05) is 18.2 Å². The number of pyridine rings is 1. The molecular formula is C20H25N3O3. The van der Waals surface area contributed by atoms with E-state index < -0.39 is 0 Å². The molecule has 6 nitrogen and oxygen atoms in total. The second-order valence-corrected chi connectivity index (χ2v) is 6.87. The van der Waals surface area contributed by atoms with E-state index in [-0.39, 0.29) is 30.0 Å². The number of likely N-dealkylation sites (tertiary alicyclic amines) is 1. The third-order valence-electron chi connectivity index (χ3n) is 4.98. The molecule has 26 heavy (non-hydrogen) atoms. The van der Waals surface area contributed by atoms with E-state index in [9.17, 15) is 14.4 Å². The van der Waals surface area contributed by atoms with Crippen molar-refractivity contribution >= 4 is 22.6 Å². The molecule has 1 aliphatic heterocycles. The summed E-state index contributed by atoms with van der Waals surface area (Å²) in [5.74, 6) is -0.178. The molecule has 1 N–H and O–H groups in total. The Morgan fingerprint density at radius 1 is 1.19 bits per heavy atom. The number of amides is 2. The Morgan fingerprint density at radius 2 is 2.00 bits per heavy atom. The number of hydrogen-bond acceptors (Lipinski definition) is 3. The number of benzene rings is 1. The highest BCUT2D eigenvalue weighted by molar-refractivity contribution is 5.82. The van der Waals surface area contributed by atoms with Crippen molar-refractivity contribution in [2.24, 2.45) is 0 Å². The molecule has 0 radical (unpaired) electrons. The minimum absolute atomic E-state index is 0.0437. The summed E-state index contributed by atoms with van der Waals surface area (Å²) in [5.41, 5.74) is -0.184. The van der Waals surface area contributed by atoms with Gasteiger partial charge in [-0.15, -0.1) is 0 Å². The third kappa shape index (κ3) is 4.12. The zero-order valence-corrected chi connectivity index (χ0v) is 15.1. The molecular weight excluding hydrogens is 330 g/mol. The largest absolute Gasteiger partial charge is 0.354 e. The molecule has 1 atom stereocenters. The summed E-state index contributed by atoms with van der Waals surface area (Å²) in [6.07, 6.45) is 5.19. The maximum absolute atomic E-state index is 12.4. The molecule has 1 fully saturated rings. The Bertz CT molecular complexity index is 859. The van der Waals surface area contributed by atoms with Crippen molar-refractivity contribution in [2.75, 3.05) is 13.1 Å². The van der Waals surface area contributed by atoms with Gasteiger partial charge in [-0.2, -0.15) is 0 Å². The first-order valence-corrected chi connectivity index (χ1v) is 9.20. The van der Waals surface area contributed by atoms with Gasteiger partial charge in [-0.25, -0.2) is 0 Å². The molecule has 1 unspecified atom stereocenters. The fourth-order valence-corrected chi connectivity index (χ4v) is 3.49. The molecule has 1 aromatic carbocycles. The van der Waals surface area contributed by atoms with Crippen LogP contribution in [-0.4, -0.2) is 40.4 Å². The number of nitrogens with one attached hydrogen (secondary N) is 1. The van der Waals surface area contributed by atoms with Crippen LogP contribution in [0, 0.1) is 0 Å². The maximum atomic E-state index is 12.4. The smallest absolute Gasteiger partial charge is 0.258 e. The first-order chi connectivity index (χ1) is 12.6. The lowest BCUT2D eigenvalue weighted by Crippen LogP contribution is -2.43. The van der Waals surface area contributed by atoms with E-state index in [1.807, 2.05) is 23.1 Å². The SMILES string of the molecule is CC1CCCCN1C(=O)CCNC(=O)Cn1ccc2ccccc2c1=O. The molecule has 1 aliphatic rings. The van der Waals surface area contributed by atoms with Crippen molar-refractivity contribution in [1.82, 2.24) is 14.8 Å². The van der Waals surface area contributed by atoms with Crippen LogP contribution in [0.5, 0.6) is 0 Å². The lowest BCUT2D eigenvalue weighted by molar-refractivity contribution is -0.134. The van der Waals surface area contributed by atoms with Crippen LogP contribution in [0.3, 0.4) is 0 Å². The number of nitrogens with zero attached hydrogens (tertiary/aromatic N) is 2. The second-order valence-electron chi connectivity index (χ2n) is 6.87. The van der Waals surface area contributed by atoms with Gasteiger partial charge < -0.3 is 14.8 Å². The Labute approximate surface area is 152 Å².